The third kappa shape index (κ3) is 4.24. The lowest BCUT2D eigenvalue weighted by atomic mass is 10.1. The van der Waals surface area contributed by atoms with Gasteiger partial charge >= 0.3 is 0 Å². The maximum Gasteiger partial charge on any atom is 0.258 e. The zero-order chi connectivity index (χ0) is 14.3. The number of ether oxygens (including phenoxy) is 1. The first-order valence-corrected chi connectivity index (χ1v) is 6.86. The summed E-state index contributed by atoms with van der Waals surface area (Å²) in [5, 5.41) is 0. The molecule has 0 heterocycles. The van der Waals surface area contributed by atoms with Crippen molar-refractivity contribution in [2.45, 2.75) is 6.92 Å². The third-order valence-corrected chi connectivity index (χ3v) is 2.95. The predicted octanol–water partition coefficient (Wildman–Crippen LogP) is 3.66. The second kappa shape index (κ2) is 7.79. The smallest absolute Gasteiger partial charge is 0.258 e. The number of nitrogens with zero attached hydrogens (tertiary/aromatic N) is 1. The maximum absolute atomic E-state index is 12.5. The van der Waals surface area contributed by atoms with Gasteiger partial charge in [0.1, 0.15) is 5.75 Å². The van der Waals surface area contributed by atoms with E-state index in [0.29, 0.717) is 31.0 Å². The van der Waals surface area contributed by atoms with Crippen LogP contribution in [0.4, 0.5) is 0 Å². The highest BCUT2D eigenvalue weighted by atomic mass is 79.9. The van der Waals surface area contributed by atoms with Crippen molar-refractivity contribution < 1.29 is 9.53 Å². The minimum atomic E-state index is -0.0930. The average Bonchev–Trinajstić information content (AvgIpc) is 2.40. The molecule has 0 saturated carbocycles. The molecule has 1 rings (SSSR count). The van der Waals surface area contributed by atoms with Crippen molar-refractivity contribution in [2.75, 3.05) is 19.7 Å². The van der Waals surface area contributed by atoms with Crippen molar-refractivity contribution in [3.8, 4) is 5.75 Å². The van der Waals surface area contributed by atoms with Crippen LogP contribution in [0.5, 0.6) is 5.75 Å². The van der Waals surface area contributed by atoms with E-state index < -0.39 is 0 Å². The van der Waals surface area contributed by atoms with Crippen LogP contribution in [0.2, 0.25) is 0 Å². The number of hydrogen-bond donors (Lipinski definition) is 0. The molecule has 0 bridgehead atoms. The van der Waals surface area contributed by atoms with Crippen molar-refractivity contribution in [1.82, 2.24) is 4.90 Å². The fourth-order valence-corrected chi connectivity index (χ4v) is 2.03. The molecule has 0 aliphatic carbocycles. The zero-order valence-corrected chi connectivity index (χ0v) is 12.6. The summed E-state index contributed by atoms with van der Waals surface area (Å²) < 4.78 is 6.34. The fourth-order valence-electron chi connectivity index (χ4n) is 1.67. The van der Waals surface area contributed by atoms with Gasteiger partial charge in [-0.15, -0.1) is 13.2 Å². The van der Waals surface area contributed by atoms with E-state index in [1.165, 1.54) is 0 Å². The summed E-state index contributed by atoms with van der Waals surface area (Å²) >= 11 is 3.38. The van der Waals surface area contributed by atoms with E-state index >= 15 is 0 Å². The molecule has 0 spiro atoms. The van der Waals surface area contributed by atoms with Crippen molar-refractivity contribution in [2.24, 2.45) is 0 Å². The molecule has 0 N–H and O–H groups in total. The molecule has 19 heavy (non-hydrogen) atoms. The Morgan fingerprint density at radius 3 is 2.53 bits per heavy atom. The monoisotopic (exact) mass is 323 g/mol. The minimum Gasteiger partial charge on any atom is -0.493 e. The summed E-state index contributed by atoms with van der Waals surface area (Å²) in [6.45, 7) is 10.7. The molecule has 0 fully saturated rings. The summed E-state index contributed by atoms with van der Waals surface area (Å²) in [5.41, 5.74) is 0.542. The van der Waals surface area contributed by atoms with E-state index in [2.05, 4.69) is 29.1 Å². The molecule has 1 aromatic rings. The zero-order valence-electron chi connectivity index (χ0n) is 11.1. The Hall–Kier alpha value is -1.55. The van der Waals surface area contributed by atoms with Crippen LogP contribution in [0.15, 0.2) is 48.0 Å². The number of amides is 1. The Bertz CT molecular complexity index is 461. The normalized spacial score (nSPS) is 9.79. The number of carbonyl (C=O) groups excluding carboxylic acids is 1. The van der Waals surface area contributed by atoms with Crippen LogP contribution >= 0.6 is 15.9 Å². The largest absolute Gasteiger partial charge is 0.493 e. The quantitative estimate of drug-likeness (QED) is 0.716. The summed E-state index contributed by atoms with van der Waals surface area (Å²) in [7, 11) is 0. The number of benzene rings is 1. The Morgan fingerprint density at radius 1 is 1.37 bits per heavy atom. The highest BCUT2D eigenvalue weighted by Crippen LogP contribution is 2.24. The molecule has 0 aliphatic rings. The summed E-state index contributed by atoms with van der Waals surface area (Å²) in [5.74, 6) is 0.498. The Morgan fingerprint density at radius 2 is 2.00 bits per heavy atom. The van der Waals surface area contributed by atoms with Gasteiger partial charge in [-0.1, -0.05) is 28.1 Å². The van der Waals surface area contributed by atoms with Gasteiger partial charge in [-0.2, -0.15) is 0 Å². The molecule has 0 atom stereocenters. The van der Waals surface area contributed by atoms with Crippen LogP contribution < -0.4 is 4.74 Å². The van der Waals surface area contributed by atoms with Gasteiger partial charge in [-0.25, -0.2) is 0 Å². The summed E-state index contributed by atoms with van der Waals surface area (Å²) in [6, 6.07) is 5.42. The van der Waals surface area contributed by atoms with Gasteiger partial charge in [0.25, 0.3) is 5.91 Å². The molecule has 1 aromatic carbocycles. The molecule has 0 saturated heterocycles. The van der Waals surface area contributed by atoms with Crippen LogP contribution in [0.25, 0.3) is 0 Å². The first-order valence-electron chi connectivity index (χ1n) is 6.07. The molecule has 0 radical (unpaired) electrons. The van der Waals surface area contributed by atoms with E-state index in [9.17, 15) is 4.79 Å². The Balaban J connectivity index is 3.10. The molecule has 0 aliphatic heterocycles. The lowest BCUT2D eigenvalue weighted by molar-refractivity contribution is 0.0786. The molecule has 102 valence electrons. The van der Waals surface area contributed by atoms with Gasteiger partial charge in [0.2, 0.25) is 0 Å². The van der Waals surface area contributed by atoms with E-state index in [4.69, 9.17) is 4.74 Å². The standard InChI is InChI=1S/C15H18BrNO2/c1-4-9-17(10-5-2)15(18)13-11-12(16)7-8-14(13)19-6-3/h4-5,7-8,11H,1-2,6,9-10H2,3H3. The predicted molar refractivity (Wildman–Crippen MR) is 81.6 cm³/mol. The Kier molecular flexibility index (Phi) is 6.36. The molecule has 3 nitrogen and oxygen atoms in total. The van der Waals surface area contributed by atoms with Gasteiger partial charge in [0, 0.05) is 17.6 Å². The lowest BCUT2D eigenvalue weighted by Crippen LogP contribution is -2.31. The fraction of sp³-hybridized carbons (Fsp3) is 0.267. The lowest BCUT2D eigenvalue weighted by Gasteiger charge is -2.21. The highest BCUT2D eigenvalue weighted by molar-refractivity contribution is 9.10. The Labute approximate surface area is 122 Å². The van der Waals surface area contributed by atoms with Crippen molar-refractivity contribution >= 4 is 21.8 Å². The third-order valence-electron chi connectivity index (χ3n) is 2.46. The average molecular weight is 324 g/mol. The second-order valence-electron chi connectivity index (χ2n) is 3.86. The number of rotatable bonds is 7. The van der Waals surface area contributed by atoms with Crippen LogP contribution in [-0.2, 0) is 0 Å². The van der Waals surface area contributed by atoms with E-state index in [1.807, 2.05) is 13.0 Å². The number of carbonyl (C=O) groups is 1. The summed E-state index contributed by atoms with van der Waals surface area (Å²) in [4.78, 5) is 14.2. The van der Waals surface area contributed by atoms with Crippen molar-refractivity contribution in [1.29, 1.82) is 0 Å². The van der Waals surface area contributed by atoms with Gasteiger partial charge in [-0.3, -0.25) is 4.79 Å². The van der Waals surface area contributed by atoms with Crippen LogP contribution in [0.1, 0.15) is 17.3 Å². The molecule has 1 amide bonds. The topological polar surface area (TPSA) is 29.5 Å². The van der Waals surface area contributed by atoms with E-state index in [-0.39, 0.29) is 5.91 Å². The van der Waals surface area contributed by atoms with Crippen LogP contribution in [-0.4, -0.2) is 30.5 Å². The van der Waals surface area contributed by atoms with Gasteiger partial charge in [0.15, 0.2) is 0 Å². The molecule has 4 heteroatoms. The minimum absolute atomic E-state index is 0.0930. The SMILES string of the molecule is C=CCN(CC=C)C(=O)c1cc(Br)ccc1OCC. The number of halogens is 1. The van der Waals surface area contributed by atoms with Crippen molar-refractivity contribution in [3.63, 3.8) is 0 Å². The van der Waals surface area contributed by atoms with Gasteiger partial charge < -0.3 is 9.64 Å². The van der Waals surface area contributed by atoms with E-state index in [1.54, 1.807) is 29.2 Å². The molecular formula is C15H18BrNO2. The molecule has 0 unspecified atom stereocenters. The van der Waals surface area contributed by atoms with Gasteiger partial charge in [0.05, 0.1) is 12.2 Å². The van der Waals surface area contributed by atoms with Crippen LogP contribution in [0.3, 0.4) is 0 Å². The molecular weight excluding hydrogens is 306 g/mol. The van der Waals surface area contributed by atoms with E-state index in [0.717, 1.165) is 4.47 Å². The number of hydrogen-bond acceptors (Lipinski definition) is 2. The first kappa shape index (κ1) is 15.5. The molecule has 0 aromatic heterocycles. The maximum atomic E-state index is 12.5. The first-order chi connectivity index (χ1) is 9.13. The van der Waals surface area contributed by atoms with Gasteiger partial charge in [-0.05, 0) is 25.1 Å². The van der Waals surface area contributed by atoms with Crippen LogP contribution in [0, 0.1) is 0 Å². The highest BCUT2D eigenvalue weighted by Gasteiger charge is 2.18. The second-order valence-corrected chi connectivity index (χ2v) is 4.78. The van der Waals surface area contributed by atoms with Crippen molar-refractivity contribution in [3.05, 3.63) is 53.5 Å². The summed E-state index contributed by atoms with van der Waals surface area (Å²) in [6.07, 6.45) is 3.39.